The minimum absolute atomic E-state index is 0.0160. The van der Waals surface area contributed by atoms with Gasteiger partial charge in [0.05, 0.1) is 6.26 Å². The van der Waals surface area contributed by atoms with Crippen molar-refractivity contribution in [1.29, 1.82) is 0 Å². The maximum Gasteiger partial charge on any atom is 0.289 e. The number of para-hydroxylation sites is 1. The molecule has 2 aromatic carbocycles. The van der Waals surface area contributed by atoms with E-state index in [0.29, 0.717) is 31.9 Å². The van der Waals surface area contributed by atoms with Gasteiger partial charge in [0.15, 0.2) is 5.76 Å². The number of fused-ring (bicyclic) bond motifs is 3. The number of carbonyl (C=O) groups excluding carboxylic acids is 2. The van der Waals surface area contributed by atoms with Crippen LogP contribution in [0.5, 0.6) is 0 Å². The molecule has 4 aromatic rings. The minimum atomic E-state index is -0.386. The summed E-state index contributed by atoms with van der Waals surface area (Å²) < 4.78 is 11.1. The predicted octanol–water partition coefficient (Wildman–Crippen LogP) is 3.96. The summed E-state index contributed by atoms with van der Waals surface area (Å²) in [5, 5.41) is 5.39. The van der Waals surface area contributed by atoms with E-state index in [-0.39, 0.29) is 17.9 Å². The van der Waals surface area contributed by atoms with Crippen molar-refractivity contribution in [2.45, 2.75) is 13.0 Å². The number of benzene rings is 2. The van der Waals surface area contributed by atoms with Gasteiger partial charge < -0.3 is 24.0 Å². The average molecular weight is 417 g/mol. The van der Waals surface area contributed by atoms with Crippen LogP contribution >= 0.6 is 0 Å². The van der Waals surface area contributed by atoms with Gasteiger partial charge in [-0.1, -0.05) is 18.2 Å². The Morgan fingerprint density at radius 1 is 0.903 bits per heavy atom. The van der Waals surface area contributed by atoms with Crippen LogP contribution in [0.1, 0.15) is 17.5 Å². The number of hydrogen-bond acceptors (Lipinski definition) is 5. The van der Waals surface area contributed by atoms with E-state index < -0.39 is 0 Å². The molecule has 0 spiro atoms. The lowest BCUT2D eigenvalue weighted by molar-refractivity contribution is -0.133. The number of nitrogens with zero attached hydrogens (tertiary/aromatic N) is 2. The number of furan rings is 2. The van der Waals surface area contributed by atoms with Crippen LogP contribution in [0, 0.1) is 0 Å². The molecular formula is C24H23N3O4. The molecule has 0 aliphatic carbocycles. The molecule has 1 saturated heterocycles. The second kappa shape index (κ2) is 7.83. The monoisotopic (exact) mass is 417 g/mol. The lowest BCUT2D eigenvalue weighted by atomic mass is 10.1. The third-order valence-corrected chi connectivity index (χ3v) is 5.74. The van der Waals surface area contributed by atoms with Gasteiger partial charge in [-0.15, -0.1) is 0 Å². The number of carbonyl (C=O) groups is 2. The molecular weight excluding hydrogens is 394 g/mol. The quantitative estimate of drug-likeness (QED) is 0.544. The van der Waals surface area contributed by atoms with Crippen molar-refractivity contribution >= 4 is 39.4 Å². The summed E-state index contributed by atoms with van der Waals surface area (Å²) >= 11 is 0. The summed E-state index contributed by atoms with van der Waals surface area (Å²) in [5.41, 5.74) is 2.54. The first kappa shape index (κ1) is 19.2. The molecule has 2 aromatic heterocycles. The molecule has 3 heterocycles. The van der Waals surface area contributed by atoms with Crippen LogP contribution in [0.3, 0.4) is 0 Å². The van der Waals surface area contributed by atoms with E-state index in [0.717, 1.165) is 27.6 Å². The van der Waals surface area contributed by atoms with Crippen molar-refractivity contribution < 1.29 is 18.4 Å². The first-order valence-electron chi connectivity index (χ1n) is 10.4. The number of amides is 2. The molecule has 0 saturated carbocycles. The molecule has 5 rings (SSSR count). The highest BCUT2D eigenvalue weighted by Gasteiger charge is 2.28. The zero-order chi connectivity index (χ0) is 21.4. The minimum Gasteiger partial charge on any atom is -0.459 e. The molecule has 0 bridgehead atoms. The highest BCUT2D eigenvalue weighted by molar-refractivity contribution is 6.06. The Kier molecular flexibility index (Phi) is 4.86. The third-order valence-electron chi connectivity index (χ3n) is 5.74. The fourth-order valence-corrected chi connectivity index (χ4v) is 4.09. The molecule has 2 amide bonds. The van der Waals surface area contributed by atoms with Gasteiger partial charge in [-0.05, 0) is 43.3 Å². The molecule has 7 nitrogen and oxygen atoms in total. The van der Waals surface area contributed by atoms with E-state index in [1.165, 1.54) is 6.26 Å². The van der Waals surface area contributed by atoms with Gasteiger partial charge in [-0.2, -0.15) is 0 Å². The summed E-state index contributed by atoms with van der Waals surface area (Å²) in [6, 6.07) is 16.8. The largest absolute Gasteiger partial charge is 0.459 e. The van der Waals surface area contributed by atoms with Crippen LogP contribution in [0.4, 0.5) is 5.69 Å². The average Bonchev–Trinajstić information content (AvgIpc) is 3.46. The molecule has 1 N–H and O–H groups in total. The Bertz CT molecular complexity index is 1240. The summed E-state index contributed by atoms with van der Waals surface area (Å²) in [6.07, 6.45) is 1.49. The van der Waals surface area contributed by atoms with Crippen LogP contribution in [0.2, 0.25) is 0 Å². The number of nitrogens with one attached hydrogen (secondary N) is 1. The first-order valence-corrected chi connectivity index (χ1v) is 10.4. The van der Waals surface area contributed by atoms with Gasteiger partial charge in [0.2, 0.25) is 5.91 Å². The summed E-state index contributed by atoms with van der Waals surface area (Å²) in [4.78, 5) is 28.9. The zero-order valence-electron chi connectivity index (χ0n) is 17.2. The zero-order valence-corrected chi connectivity index (χ0v) is 17.2. The van der Waals surface area contributed by atoms with Gasteiger partial charge in [-0.3, -0.25) is 9.59 Å². The van der Waals surface area contributed by atoms with Crippen LogP contribution < -0.4 is 5.32 Å². The maximum absolute atomic E-state index is 13.0. The number of piperazine rings is 1. The number of rotatable bonds is 4. The molecule has 1 fully saturated rings. The highest BCUT2D eigenvalue weighted by Crippen LogP contribution is 2.30. The highest BCUT2D eigenvalue weighted by atomic mass is 16.3. The first-order chi connectivity index (χ1) is 15.1. The second-order valence-electron chi connectivity index (χ2n) is 7.77. The fraction of sp³-hybridized carbons (Fsp3) is 0.250. The Morgan fingerprint density at radius 3 is 2.42 bits per heavy atom. The van der Waals surface area contributed by atoms with Crippen molar-refractivity contribution in [1.82, 2.24) is 9.80 Å². The molecule has 1 aliphatic rings. The van der Waals surface area contributed by atoms with Crippen LogP contribution in [0.15, 0.2) is 69.7 Å². The molecule has 7 heteroatoms. The number of anilines is 1. The molecule has 158 valence electrons. The van der Waals surface area contributed by atoms with Crippen molar-refractivity contribution in [3.05, 3.63) is 66.6 Å². The van der Waals surface area contributed by atoms with Crippen molar-refractivity contribution in [3.63, 3.8) is 0 Å². The molecule has 1 aliphatic heterocycles. The van der Waals surface area contributed by atoms with Gasteiger partial charge in [0.25, 0.3) is 5.91 Å². The van der Waals surface area contributed by atoms with Gasteiger partial charge in [0, 0.05) is 42.6 Å². The molecule has 1 unspecified atom stereocenters. The van der Waals surface area contributed by atoms with E-state index in [9.17, 15) is 9.59 Å². The Hall–Kier alpha value is -3.74. The van der Waals surface area contributed by atoms with Gasteiger partial charge >= 0.3 is 0 Å². The Morgan fingerprint density at radius 2 is 1.65 bits per heavy atom. The molecule has 31 heavy (non-hydrogen) atoms. The number of hydrogen-bond donors (Lipinski definition) is 1. The second-order valence-corrected chi connectivity index (χ2v) is 7.77. The van der Waals surface area contributed by atoms with Crippen molar-refractivity contribution in [3.8, 4) is 0 Å². The van der Waals surface area contributed by atoms with Crippen LogP contribution in [-0.4, -0.2) is 53.8 Å². The normalized spacial score (nSPS) is 15.4. The van der Waals surface area contributed by atoms with Crippen molar-refractivity contribution in [2.75, 3.05) is 31.5 Å². The van der Waals surface area contributed by atoms with Gasteiger partial charge in [-0.25, -0.2) is 0 Å². The summed E-state index contributed by atoms with van der Waals surface area (Å²) in [6.45, 7) is 3.85. The van der Waals surface area contributed by atoms with Crippen molar-refractivity contribution in [2.24, 2.45) is 0 Å². The summed E-state index contributed by atoms with van der Waals surface area (Å²) in [5.74, 6) is 0.211. The maximum atomic E-state index is 13.0. The standard InChI is InChI=1S/C24H23N3O4/c1-16(23(28)26-10-12-27(13-11-26)24(29)22-7-4-14-30-22)25-17-8-9-21-19(15-17)18-5-2-3-6-20(18)31-21/h2-9,14-16,25H,10-13H2,1H3. The van der Waals surface area contributed by atoms with E-state index in [2.05, 4.69) is 5.32 Å². The Labute approximate surface area is 179 Å². The van der Waals surface area contributed by atoms with E-state index in [1.54, 1.807) is 21.9 Å². The lowest BCUT2D eigenvalue weighted by Crippen LogP contribution is -2.53. The topological polar surface area (TPSA) is 78.9 Å². The molecule has 1 atom stereocenters. The predicted molar refractivity (Wildman–Crippen MR) is 118 cm³/mol. The third kappa shape index (κ3) is 3.63. The Balaban J connectivity index is 1.23. The van der Waals surface area contributed by atoms with E-state index >= 15 is 0 Å². The van der Waals surface area contributed by atoms with Crippen LogP contribution in [-0.2, 0) is 4.79 Å². The smallest absolute Gasteiger partial charge is 0.289 e. The fourth-order valence-electron chi connectivity index (χ4n) is 4.09. The van der Waals surface area contributed by atoms with E-state index in [1.807, 2.05) is 49.4 Å². The molecule has 0 radical (unpaired) electrons. The van der Waals surface area contributed by atoms with Crippen LogP contribution in [0.25, 0.3) is 21.9 Å². The SMILES string of the molecule is CC(Nc1ccc2oc3ccccc3c2c1)C(=O)N1CCN(C(=O)c2ccco2)CC1. The van der Waals surface area contributed by atoms with Gasteiger partial charge in [0.1, 0.15) is 17.2 Å². The van der Waals surface area contributed by atoms with E-state index in [4.69, 9.17) is 8.83 Å². The summed E-state index contributed by atoms with van der Waals surface area (Å²) in [7, 11) is 0. The lowest BCUT2D eigenvalue weighted by Gasteiger charge is -2.35.